The first-order chi connectivity index (χ1) is 10.1. The zero-order valence-electron chi connectivity index (χ0n) is 13.2. The molecule has 1 unspecified atom stereocenters. The van der Waals surface area contributed by atoms with Crippen molar-refractivity contribution in [2.45, 2.75) is 51.9 Å². The number of nitrogens with two attached hydrogens (primary N) is 1. The summed E-state index contributed by atoms with van der Waals surface area (Å²) in [5.41, 5.74) is 5.32. The molecule has 0 aromatic heterocycles. The molecular formula is C16H29N3O2. The molecule has 1 aliphatic carbocycles. The Hall–Kier alpha value is -1.26. The van der Waals surface area contributed by atoms with E-state index in [9.17, 15) is 9.59 Å². The van der Waals surface area contributed by atoms with Gasteiger partial charge >= 0.3 is 6.03 Å². The van der Waals surface area contributed by atoms with E-state index in [1.165, 1.54) is 32.1 Å². The summed E-state index contributed by atoms with van der Waals surface area (Å²) >= 11 is 0. The Bertz CT molecular complexity index is 367. The summed E-state index contributed by atoms with van der Waals surface area (Å²) in [6.07, 6.45) is 8.04. The van der Waals surface area contributed by atoms with Crippen molar-refractivity contribution in [3.05, 3.63) is 0 Å². The van der Waals surface area contributed by atoms with Gasteiger partial charge in [-0.2, -0.15) is 0 Å². The van der Waals surface area contributed by atoms with E-state index in [4.69, 9.17) is 5.73 Å². The van der Waals surface area contributed by atoms with Crippen molar-refractivity contribution in [3.8, 4) is 0 Å². The predicted octanol–water partition coefficient (Wildman–Crippen LogP) is 2.21. The number of nitrogens with zero attached hydrogens (tertiary/aromatic N) is 2. The van der Waals surface area contributed by atoms with E-state index in [1.807, 2.05) is 4.90 Å². The molecule has 0 aromatic rings. The molecule has 2 fully saturated rings. The van der Waals surface area contributed by atoms with Crippen LogP contribution >= 0.6 is 0 Å². The van der Waals surface area contributed by atoms with Gasteiger partial charge in [-0.05, 0) is 18.3 Å². The van der Waals surface area contributed by atoms with Gasteiger partial charge in [0.25, 0.3) is 0 Å². The molecule has 21 heavy (non-hydrogen) atoms. The SMILES string of the molecule is CC(CC(=O)N1CCCN(C(N)=O)CC1)C1CCCCC1. The third-order valence-corrected chi connectivity index (χ3v) is 5.11. The van der Waals surface area contributed by atoms with Gasteiger partial charge in [-0.1, -0.05) is 39.0 Å². The number of urea groups is 1. The van der Waals surface area contributed by atoms with E-state index in [1.54, 1.807) is 4.90 Å². The minimum Gasteiger partial charge on any atom is -0.351 e. The number of amides is 3. The van der Waals surface area contributed by atoms with Gasteiger partial charge in [0, 0.05) is 32.6 Å². The predicted molar refractivity (Wildman–Crippen MR) is 82.7 cm³/mol. The largest absolute Gasteiger partial charge is 0.351 e. The minimum absolute atomic E-state index is 0.249. The van der Waals surface area contributed by atoms with Gasteiger partial charge in [0.2, 0.25) is 5.91 Å². The number of hydrogen-bond donors (Lipinski definition) is 1. The van der Waals surface area contributed by atoms with Crippen LogP contribution in [-0.2, 0) is 4.79 Å². The van der Waals surface area contributed by atoms with Crippen molar-refractivity contribution in [2.75, 3.05) is 26.2 Å². The summed E-state index contributed by atoms with van der Waals surface area (Å²) in [7, 11) is 0. The molecule has 2 N–H and O–H groups in total. The highest BCUT2D eigenvalue weighted by Gasteiger charge is 2.26. The molecule has 3 amide bonds. The average molecular weight is 295 g/mol. The normalized spacial score (nSPS) is 22.7. The molecule has 2 rings (SSSR count). The van der Waals surface area contributed by atoms with Crippen molar-refractivity contribution >= 4 is 11.9 Å². The van der Waals surface area contributed by atoms with Gasteiger partial charge in [-0.3, -0.25) is 4.79 Å². The molecule has 2 aliphatic rings. The molecule has 5 heteroatoms. The second-order valence-electron chi connectivity index (χ2n) is 6.64. The summed E-state index contributed by atoms with van der Waals surface area (Å²) in [4.78, 5) is 27.2. The smallest absolute Gasteiger partial charge is 0.314 e. The monoisotopic (exact) mass is 295 g/mol. The third kappa shape index (κ3) is 4.61. The molecule has 1 atom stereocenters. The summed E-state index contributed by atoms with van der Waals surface area (Å²) in [5, 5.41) is 0. The maximum atomic E-state index is 12.5. The molecule has 0 aromatic carbocycles. The highest BCUT2D eigenvalue weighted by atomic mass is 16.2. The van der Waals surface area contributed by atoms with Crippen LogP contribution < -0.4 is 5.73 Å². The fourth-order valence-corrected chi connectivity index (χ4v) is 3.66. The summed E-state index contributed by atoms with van der Waals surface area (Å²) in [5.74, 6) is 1.45. The van der Waals surface area contributed by atoms with Crippen LogP contribution in [0.15, 0.2) is 0 Å². The Balaban J connectivity index is 1.80. The van der Waals surface area contributed by atoms with Gasteiger partial charge in [-0.15, -0.1) is 0 Å². The van der Waals surface area contributed by atoms with Crippen LogP contribution in [0.4, 0.5) is 4.79 Å². The van der Waals surface area contributed by atoms with Crippen molar-refractivity contribution in [3.63, 3.8) is 0 Å². The Morgan fingerprint density at radius 1 is 1.00 bits per heavy atom. The first kappa shape index (κ1) is 16.1. The Morgan fingerprint density at radius 2 is 1.62 bits per heavy atom. The first-order valence-corrected chi connectivity index (χ1v) is 8.40. The molecule has 1 aliphatic heterocycles. The second kappa shape index (κ2) is 7.66. The first-order valence-electron chi connectivity index (χ1n) is 8.40. The van der Waals surface area contributed by atoms with Gasteiger partial charge in [-0.25, -0.2) is 4.79 Å². The van der Waals surface area contributed by atoms with E-state index in [-0.39, 0.29) is 11.9 Å². The summed E-state index contributed by atoms with van der Waals surface area (Å²) < 4.78 is 0. The van der Waals surface area contributed by atoms with Crippen LogP contribution in [0, 0.1) is 11.8 Å². The molecule has 1 heterocycles. The Morgan fingerprint density at radius 3 is 2.29 bits per heavy atom. The summed E-state index contributed by atoms with van der Waals surface area (Å²) in [6, 6.07) is -0.375. The van der Waals surface area contributed by atoms with Crippen LogP contribution in [0.25, 0.3) is 0 Å². The highest BCUT2D eigenvalue weighted by molar-refractivity contribution is 5.77. The summed E-state index contributed by atoms with van der Waals surface area (Å²) in [6.45, 7) is 4.83. The van der Waals surface area contributed by atoms with E-state index in [0.717, 1.165) is 18.9 Å². The van der Waals surface area contributed by atoms with Crippen LogP contribution in [0.1, 0.15) is 51.9 Å². The molecule has 0 spiro atoms. The van der Waals surface area contributed by atoms with Crippen LogP contribution in [-0.4, -0.2) is 47.9 Å². The lowest BCUT2D eigenvalue weighted by Crippen LogP contribution is -2.40. The van der Waals surface area contributed by atoms with Crippen LogP contribution in [0.3, 0.4) is 0 Å². The third-order valence-electron chi connectivity index (χ3n) is 5.11. The number of hydrogen-bond acceptors (Lipinski definition) is 2. The molecular weight excluding hydrogens is 266 g/mol. The minimum atomic E-state index is -0.375. The zero-order valence-corrected chi connectivity index (χ0v) is 13.2. The molecule has 1 saturated carbocycles. The Labute approximate surface area is 127 Å². The standard InChI is InChI=1S/C16H29N3O2/c1-13(14-6-3-2-4-7-14)12-15(20)18-8-5-9-19(11-10-18)16(17)21/h13-14H,2-12H2,1H3,(H2,17,21). The maximum Gasteiger partial charge on any atom is 0.314 e. The lowest BCUT2D eigenvalue weighted by atomic mass is 9.79. The van der Waals surface area contributed by atoms with E-state index in [2.05, 4.69) is 6.92 Å². The highest BCUT2D eigenvalue weighted by Crippen LogP contribution is 2.31. The Kier molecular flexibility index (Phi) is 5.88. The maximum absolute atomic E-state index is 12.5. The van der Waals surface area contributed by atoms with Gasteiger partial charge in [0.15, 0.2) is 0 Å². The number of carbonyl (C=O) groups excluding carboxylic acids is 2. The van der Waals surface area contributed by atoms with Crippen molar-refractivity contribution in [1.82, 2.24) is 9.80 Å². The number of primary amides is 1. The van der Waals surface area contributed by atoms with Crippen LogP contribution in [0.2, 0.25) is 0 Å². The topological polar surface area (TPSA) is 66.6 Å². The van der Waals surface area contributed by atoms with Gasteiger partial charge < -0.3 is 15.5 Å². The van der Waals surface area contributed by atoms with Crippen molar-refractivity contribution in [2.24, 2.45) is 17.6 Å². The zero-order chi connectivity index (χ0) is 15.2. The molecule has 0 radical (unpaired) electrons. The molecule has 5 nitrogen and oxygen atoms in total. The lowest BCUT2D eigenvalue weighted by molar-refractivity contribution is -0.132. The van der Waals surface area contributed by atoms with E-state index >= 15 is 0 Å². The number of rotatable bonds is 3. The lowest BCUT2D eigenvalue weighted by Gasteiger charge is -2.29. The fourth-order valence-electron chi connectivity index (χ4n) is 3.66. The quantitative estimate of drug-likeness (QED) is 0.867. The molecule has 1 saturated heterocycles. The fraction of sp³-hybridized carbons (Fsp3) is 0.875. The second-order valence-corrected chi connectivity index (χ2v) is 6.64. The van der Waals surface area contributed by atoms with E-state index in [0.29, 0.717) is 32.0 Å². The average Bonchev–Trinajstić information content (AvgIpc) is 2.74. The molecule has 120 valence electrons. The van der Waals surface area contributed by atoms with E-state index < -0.39 is 0 Å². The molecule has 0 bridgehead atoms. The van der Waals surface area contributed by atoms with Crippen molar-refractivity contribution in [1.29, 1.82) is 0 Å². The number of carbonyl (C=O) groups is 2. The van der Waals surface area contributed by atoms with Gasteiger partial charge in [0.05, 0.1) is 0 Å². The van der Waals surface area contributed by atoms with Gasteiger partial charge in [0.1, 0.15) is 0 Å². The van der Waals surface area contributed by atoms with Crippen LogP contribution in [0.5, 0.6) is 0 Å². The van der Waals surface area contributed by atoms with Crippen molar-refractivity contribution < 1.29 is 9.59 Å².